The fraction of sp³-hybridized carbons (Fsp3) is 0.344. The number of hydrogen-bond donors (Lipinski definition) is 0. The van der Waals surface area contributed by atoms with Crippen molar-refractivity contribution in [3.63, 3.8) is 0 Å². The molecule has 1 fully saturated rings. The van der Waals surface area contributed by atoms with Crippen molar-refractivity contribution in [3.05, 3.63) is 103 Å². The van der Waals surface area contributed by atoms with Crippen molar-refractivity contribution < 1.29 is 17.9 Å². The van der Waals surface area contributed by atoms with E-state index in [-0.39, 0.29) is 23.3 Å². The molecule has 1 saturated carbocycles. The number of allylic oxidation sites excluding steroid dienone is 2. The predicted octanol–water partition coefficient (Wildman–Crippen LogP) is 6.76. The first-order valence-corrected chi connectivity index (χ1v) is 15.0. The average molecular weight is 530 g/mol. The van der Waals surface area contributed by atoms with Crippen LogP contribution in [0, 0.1) is 5.92 Å². The molecule has 0 spiro atoms. The third-order valence-electron chi connectivity index (χ3n) is 7.61. The highest BCUT2D eigenvalue weighted by Gasteiger charge is 2.39. The smallest absolute Gasteiger partial charge is 0.306 e. The minimum atomic E-state index is -3.82. The summed E-state index contributed by atoms with van der Waals surface area (Å²) < 4.78 is 35.6. The molecule has 2 aliphatic carbocycles. The highest BCUT2D eigenvalue weighted by molar-refractivity contribution is 7.89. The molecule has 0 unspecified atom stereocenters. The first-order chi connectivity index (χ1) is 18.5. The second-order valence-corrected chi connectivity index (χ2v) is 12.2. The fourth-order valence-electron chi connectivity index (χ4n) is 5.56. The first-order valence-electron chi connectivity index (χ1n) is 13.6. The Labute approximate surface area is 226 Å². The molecule has 38 heavy (non-hydrogen) atoms. The second kappa shape index (κ2) is 12.1. The van der Waals surface area contributed by atoms with E-state index >= 15 is 0 Å². The molecule has 0 bridgehead atoms. The Morgan fingerprint density at radius 1 is 0.816 bits per heavy atom. The quantitative estimate of drug-likeness (QED) is 0.227. The molecular formula is C32H35NO4S. The summed E-state index contributed by atoms with van der Waals surface area (Å²) in [7, 11) is -3.82. The summed E-state index contributed by atoms with van der Waals surface area (Å²) in [6.07, 6.45) is 9.21. The van der Waals surface area contributed by atoms with Gasteiger partial charge in [0.15, 0.2) is 0 Å². The van der Waals surface area contributed by atoms with Gasteiger partial charge in [-0.05, 0) is 66.8 Å². The van der Waals surface area contributed by atoms with Gasteiger partial charge in [-0.25, -0.2) is 8.42 Å². The molecule has 2 aliphatic rings. The minimum absolute atomic E-state index is 0.219. The molecule has 6 heteroatoms. The third kappa shape index (κ3) is 6.25. The zero-order chi connectivity index (χ0) is 26.4. The summed E-state index contributed by atoms with van der Waals surface area (Å²) in [5, 5.41) is 0. The molecule has 0 amide bonds. The molecule has 3 atom stereocenters. The Balaban J connectivity index is 1.41. The lowest BCUT2D eigenvalue weighted by Gasteiger charge is -2.38. The lowest BCUT2D eigenvalue weighted by atomic mass is 9.92. The van der Waals surface area contributed by atoms with Crippen molar-refractivity contribution in [3.8, 4) is 11.1 Å². The van der Waals surface area contributed by atoms with Crippen LogP contribution in [0.15, 0.2) is 102 Å². The average Bonchev–Trinajstić information content (AvgIpc) is 3.46. The van der Waals surface area contributed by atoms with Crippen LogP contribution in [0.5, 0.6) is 0 Å². The maximum absolute atomic E-state index is 14.0. The van der Waals surface area contributed by atoms with Gasteiger partial charge in [0.05, 0.1) is 17.4 Å². The van der Waals surface area contributed by atoms with Gasteiger partial charge in [0.2, 0.25) is 10.0 Å². The molecule has 0 saturated heterocycles. The Hall–Kier alpha value is -3.22. The van der Waals surface area contributed by atoms with Crippen LogP contribution in [0.4, 0.5) is 0 Å². The summed E-state index contributed by atoms with van der Waals surface area (Å²) in [5.41, 5.74) is 3.09. The van der Waals surface area contributed by atoms with Gasteiger partial charge < -0.3 is 4.74 Å². The van der Waals surface area contributed by atoms with Gasteiger partial charge in [-0.3, -0.25) is 4.79 Å². The highest BCUT2D eigenvalue weighted by Crippen LogP contribution is 2.33. The highest BCUT2D eigenvalue weighted by atomic mass is 32.2. The number of ether oxygens (including phenoxy) is 1. The van der Waals surface area contributed by atoms with Crippen LogP contribution >= 0.6 is 0 Å². The zero-order valence-corrected chi connectivity index (χ0v) is 22.4. The van der Waals surface area contributed by atoms with Crippen LogP contribution < -0.4 is 0 Å². The van der Waals surface area contributed by atoms with Crippen LogP contribution in [0.3, 0.4) is 0 Å². The van der Waals surface area contributed by atoms with Gasteiger partial charge >= 0.3 is 5.97 Å². The number of carbonyl (C=O) groups excluding carboxylic acids is 1. The van der Waals surface area contributed by atoms with Gasteiger partial charge in [0, 0.05) is 6.54 Å². The van der Waals surface area contributed by atoms with Crippen molar-refractivity contribution in [2.75, 3.05) is 0 Å². The van der Waals surface area contributed by atoms with Crippen LogP contribution in [0.1, 0.15) is 50.5 Å². The maximum atomic E-state index is 14.0. The van der Waals surface area contributed by atoms with Crippen LogP contribution in [-0.2, 0) is 26.1 Å². The molecular weight excluding hydrogens is 494 g/mol. The van der Waals surface area contributed by atoms with Crippen molar-refractivity contribution in [1.29, 1.82) is 0 Å². The Morgan fingerprint density at radius 2 is 1.47 bits per heavy atom. The summed E-state index contributed by atoms with van der Waals surface area (Å²) in [4.78, 5) is 13.1. The van der Waals surface area contributed by atoms with Gasteiger partial charge in [-0.15, -0.1) is 0 Å². The van der Waals surface area contributed by atoms with Gasteiger partial charge in [-0.1, -0.05) is 91.4 Å². The van der Waals surface area contributed by atoms with E-state index in [9.17, 15) is 13.2 Å². The standard InChI is InChI=1S/C32H35NO4S/c34-32(23-25-11-7-8-12-25)37-31-18-10-9-17-30(31)33(38(35,36)29-15-5-2-6-16-29)24-26-19-21-28(22-20-26)27-13-3-1-4-14-27/h1-7,11,13-16,19-22,25,30-31H,8-10,12,17-18,23-24H2/t25-,30-,31-/m1/s1. The van der Waals surface area contributed by atoms with Gasteiger partial charge in [-0.2, -0.15) is 4.31 Å². The van der Waals surface area contributed by atoms with E-state index in [0.717, 1.165) is 42.4 Å². The minimum Gasteiger partial charge on any atom is -0.461 e. The van der Waals surface area contributed by atoms with Gasteiger partial charge in [0.1, 0.15) is 6.10 Å². The molecule has 5 nitrogen and oxygen atoms in total. The van der Waals surface area contributed by atoms with E-state index in [2.05, 4.69) is 24.3 Å². The van der Waals surface area contributed by atoms with Gasteiger partial charge in [0.25, 0.3) is 0 Å². The van der Waals surface area contributed by atoms with E-state index in [1.807, 2.05) is 48.5 Å². The van der Waals surface area contributed by atoms with E-state index in [4.69, 9.17) is 4.74 Å². The number of nitrogens with zero attached hydrogens (tertiary/aromatic N) is 1. The zero-order valence-electron chi connectivity index (χ0n) is 21.6. The number of carbonyl (C=O) groups is 1. The Kier molecular flexibility index (Phi) is 8.40. The molecule has 0 radical (unpaired) electrons. The van der Waals surface area contributed by atoms with E-state index in [1.165, 1.54) is 0 Å². The lowest BCUT2D eigenvalue weighted by molar-refractivity contribution is -0.154. The third-order valence-corrected chi connectivity index (χ3v) is 9.50. The molecule has 0 aromatic heterocycles. The number of esters is 1. The number of hydrogen-bond acceptors (Lipinski definition) is 4. The number of benzene rings is 3. The molecule has 0 N–H and O–H groups in total. The number of rotatable bonds is 9. The summed E-state index contributed by atoms with van der Waals surface area (Å²) in [6.45, 7) is 0.219. The van der Waals surface area contributed by atoms with E-state index in [0.29, 0.717) is 19.3 Å². The van der Waals surface area contributed by atoms with Crippen LogP contribution in [0.2, 0.25) is 0 Å². The predicted molar refractivity (Wildman–Crippen MR) is 150 cm³/mol. The van der Waals surface area contributed by atoms with Crippen molar-refractivity contribution in [2.24, 2.45) is 5.92 Å². The van der Waals surface area contributed by atoms with E-state index < -0.39 is 22.2 Å². The molecule has 0 aliphatic heterocycles. The summed E-state index contributed by atoms with van der Waals surface area (Å²) in [6, 6.07) is 26.3. The maximum Gasteiger partial charge on any atom is 0.306 e. The van der Waals surface area contributed by atoms with Crippen molar-refractivity contribution in [1.82, 2.24) is 4.31 Å². The number of sulfonamides is 1. The van der Waals surface area contributed by atoms with Crippen LogP contribution in [-0.4, -0.2) is 30.8 Å². The SMILES string of the molecule is O=C(C[C@@H]1C=CCC1)O[C@@H]1CCCC[C@H]1N(Cc1ccc(-c2ccccc2)cc1)S(=O)(=O)c1ccccc1. The normalized spacial score (nSPS) is 21.4. The first kappa shape index (κ1) is 26.4. The Bertz CT molecular complexity index is 1340. The fourth-order valence-corrected chi connectivity index (χ4v) is 7.25. The molecule has 3 aromatic carbocycles. The van der Waals surface area contributed by atoms with Crippen molar-refractivity contribution in [2.45, 2.75) is 68.5 Å². The Morgan fingerprint density at radius 3 is 2.16 bits per heavy atom. The molecule has 5 rings (SSSR count). The lowest BCUT2D eigenvalue weighted by Crippen LogP contribution is -2.49. The molecule has 0 heterocycles. The topological polar surface area (TPSA) is 63.7 Å². The van der Waals surface area contributed by atoms with Crippen LogP contribution in [0.25, 0.3) is 11.1 Å². The summed E-state index contributed by atoms with van der Waals surface area (Å²) >= 11 is 0. The van der Waals surface area contributed by atoms with Crippen molar-refractivity contribution >= 4 is 16.0 Å². The van der Waals surface area contributed by atoms with E-state index in [1.54, 1.807) is 28.6 Å². The largest absolute Gasteiger partial charge is 0.461 e. The second-order valence-electron chi connectivity index (χ2n) is 10.3. The summed E-state index contributed by atoms with van der Waals surface area (Å²) in [5.74, 6) is -0.0143. The molecule has 198 valence electrons. The monoisotopic (exact) mass is 529 g/mol. The molecule has 3 aromatic rings.